The standard InChI is InChI=1S/C23H28O3S.2H2O/c1-16(2)22(25-6)23(19(5)18(4)9-8-17(3)14-24)26-15-20-10-12-21(27-7)13-11-20;;/h8-14H,3-4,15H2,1-2,5-7H3;2*1H2/b9-8-,23-19-;;. The summed E-state index contributed by atoms with van der Waals surface area (Å²) in [5, 5.41) is 0. The van der Waals surface area contributed by atoms with Crippen LogP contribution in [0.25, 0.3) is 0 Å². The molecule has 29 heavy (non-hydrogen) atoms. The zero-order valence-corrected chi connectivity index (χ0v) is 18.6. The second-order valence-corrected chi connectivity index (χ2v) is 7.06. The predicted octanol–water partition coefficient (Wildman–Crippen LogP) is 4.36. The molecule has 0 saturated heterocycles. The number of methoxy groups -OCH3 is 1. The van der Waals surface area contributed by atoms with Gasteiger partial charge in [0.15, 0.2) is 11.5 Å². The van der Waals surface area contributed by atoms with Crippen LogP contribution in [-0.2, 0) is 20.9 Å². The van der Waals surface area contributed by atoms with Crippen LogP contribution in [0.3, 0.4) is 0 Å². The number of aldehydes is 1. The summed E-state index contributed by atoms with van der Waals surface area (Å²) >= 11 is 1.70. The van der Waals surface area contributed by atoms with Gasteiger partial charge in [-0.3, -0.25) is 4.79 Å². The molecule has 4 N–H and O–H groups in total. The Labute approximate surface area is 178 Å². The van der Waals surface area contributed by atoms with Gasteiger partial charge in [-0.2, -0.15) is 0 Å². The summed E-state index contributed by atoms with van der Waals surface area (Å²) in [6, 6.07) is 8.25. The lowest BCUT2D eigenvalue weighted by molar-refractivity contribution is -0.104. The quantitative estimate of drug-likeness (QED) is 0.185. The van der Waals surface area contributed by atoms with Crippen molar-refractivity contribution >= 4 is 18.0 Å². The lowest BCUT2D eigenvalue weighted by atomic mass is 10.0. The van der Waals surface area contributed by atoms with Crippen molar-refractivity contribution in [2.75, 3.05) is 13.4 Å². The second-order valence-electron chi connectivity index (χ2n) is 6.18. The molecular weight excluding hydrogens is 388 g/mol. The van der Waals surface area contributed by atoms with E-state index in [9.17, 15) is 4.79 Å². The Morgan fingerprint density at radius 1 is 1.03 bits per heavy atom. The van der Waals surface area contributed by atoms with Crippen LogP contribution < -0.4 is 0 Å². The van der Waals surface area contributed by atoms with Gasteiger partial charge in [-0.1, -0.05) is 37.4 Å². The molecule has 0 heterocycles. The number of benzene rings is 1. The maximum atomic E-state index is 10.7. The molecule has 0 spiro atoms. The summed E-state index contributed by atoms with van der Waals surface area (Å²) < 4.78 is 11.7. The third-order valence-corrected chi connectivity index (χ3v) is 4.62. The average Bonchev–Trinajstić information content (AvgIpc) is 2.68. The highest BCUT2D eigenvalue weighted by molar-refractivity contribution is 7.98. The molecule has 5 nitrogen and oxygen atoms in total. The van der Waals surface area contributed by atoms with Gasteiger partial charge in [-0.25, -0.2) is 0 Å². The SMILES string of the molecule is C=C(C=O)/C=C\C(=C)/C(C)=C(\OCc1ccc(SC)cc1)C(OC)=C(C)C.O.O. The first kappa shape index (κ1) is 28.7. The van der Waals surface area contributed by atoms with Crippen LogP contribution in [0, 0.1) is 0 Å². The lowest BCUT2D eigenvalue weighted by Gasteiger charge is -2.18. The molecule has 0 amide bonds. The minimum atomic E-state index is 0. The van der Waals surface area contributed by atoms with Gasteiger partial charge in [0, 0.05) is 16.0 Å². The summed E-state index contributed by atoms with van der Waals surface area (Å²) in [4.78, 5) is 11.9. The number of carbonyl (C=O) groups excluding carboxylic acids is 1. The Kier molecular flexibility index (Phi) is 14.3. The molecule has 1 aromatic rings. The smallest absolute Gasteiger partial charge is 0.165 e. The van der Waals surface area contributed by atoms with Crippen LogP contribution in [0.4, 0.5) is 0 Å². The molecule has 0 unspecified atom stereocenters. The molecule has 1 rings (SSSR count). The highest BCUT2D eigenvalue weighted by atomic mass is 32.2. The molecule has 6 heteroatoms. The van der Waals surface area contributed by atoms with E-state index < -0.39 is 0 Å². The number of thioether (sulfide) groups is 1. The van der Waals surface area contributed by atoms with E-state index in [1.165, 1.54) is 4.90 Å². The summed E-state index contributed by atoms with van der Waals surface area (Å²) in [7, 11) is 1.62. The maximum absolute atomic E-state index is 10.7. The van der Waals surface area contributed by atoms with E-state index in [0.717, 1.165) is 22.3 Å². The Balaban J connectivity index is 0. The summed E-state index contributed by atoms with van der Waals surface area (Å²) in [5.74, 6) is 1.31. The highest BCUT2D eigenvalue weighted by Crippen LogP contribution is 2.26. The third kappa shape index (κ3) is 9.00. The molecule has 0 aromatic heterocycles. The van der Waals surface area contributed by atoms with Crippen LogP contribution in [0.15, 0.2) is 88.3 Å². The normalized spacial score (nSPS) is 10.8. The zero-order valence-electron chi connectivity index (χ0n) is 17.8. The number of ether oxygens (including phenoxy) is 2. The molecule has 0 saturated carbocycles. The van der Waals surface area contributed by atoms with Crippen LogP contribution >= 0.6 is 11.8 Å². The van der Waals surface area contributed by atoms with Crippen LogP contribution in [0.1, 0.15) is 26.3 Å². The van der Waals surface area contributed by atoms with Gasteiger partial charge in [0.1, 0.15) is 12.9 Å². The zero-order chi connectivity index (χ0) is 20.4. The van der Waals surface area contributed by atoms with E-state index in [-0.39, 0.29) is 11.0 Å². The molecule has 0 aliphatic rings. The Morgan fingerprint density at radius 3 is 2.07 bits per heavy atom. The molecule has 0 aliphatic carbocycles. The van der Waals surface area contributed by atoms with Gasteiger partial charge in [0.2, 0.25) is 0 Å². The van der Waals surface area contributed by atoms with E-state index in [1.54, 1.807) is 31.0 Å². The van der Waals surface area contributed by atoms with Crippen molar-refractivity contribution in [1.29, 1.82) is 0 Å². The first-order chi connectivity index (χ1) is 12.8. The topological polar surface area (TPSA) is 98.5 Å². The van der Waals surface area contributed by atoms with E-state index in [4.69, 9.17) is 9.47 Å². The van der Waals surface area contributed by atoms with E-state index in [0.29, 0.717) is 30.0 Å². The van der Waals surface area contributed by atoms with E-state index in [2.05, 4.69) is 37.4 Å². The Morgan fingerprint density at radius 2 is 1.62 bits per heavy atom. The summed E-state index contributed by atoms with van der Waals surface area (Å²) in [5.41, 5.74) is 4.01. The minimum Gasteiger partial charge on any atom is -0.493 e. The number of hydrogen-bond donors (Lipinski definition) is 0. The van der Waals surface area contributed by atoms with Gasteiger partial charge in [-0.05, 0) is 55.9 Å². The van der Waals surface area contributed by atoms with Gasteiger partial charge >= 0.3 is 0 Å². The molecule has 0 fully saturated rings. The van der Waals surface area contributed by atoms with Gasteiger partial charge in [0.25, 0.3) is 0 Å². The third-order valence-electron chi connectivity index (χ3n) is 3.88. The van der Waals surface area contributed by atoms with E-state index >= 15 is 0 Å². The molecule has 0 aliphatic heterocycles. The van der Waals surface area contributed by atoms with Crippen molar-refractivity contribution in [1.82, 2.24) is 0 Å². The number of rotatable bonds is 10. The molecule has 0 radical (unpaired) electrons. The van der Waals surface area contributed by atoms with Gasteiger partial charge in [0.05, 0.1) is 7.11 Å². The van der Waals surface area contributed by atoms with Crippen LogP contribution in [0.2, 0.25) is 0 Å². The number of allylic oxidation sites excluding steroid dienone is 6. The summed E-state index contributed by atoms with van der Waals surface area (Å²) in [6.07, 6.45) is 6.14. The summed E-state index contributed by atoms with van der Waals surface area (Å²) in [6.45, 7) is 14.0. The molecule has 0 bridgehead atoms. The van der Waals surface area contributed by atoms with Crippen LogP contribution in [0.5, 0.6) is 0 Å². The van der Waals surface area contributed by atoms with Crippen molar-refractivity contribution in [3.63, 3.8) is 0 Å². The second kappa shape index (κ2) is 14.5. The average molecular weight is 421 g/mol. The van der Waals surface area contributed by atoms with Crippen LogP contribution in [-0.4, -0.2) is 30.6 Å². The predicted molar refractivity (Wildman–Crippen MR) is 122 cm³/mol. The molecular formula is C23H32O5S. The van der Waals surface area contributed by atoms with Crippen molar-refractivity contribution in [2.24, 2.45) is 0 Å². The lowest BCUT2D eigenvalue weighted by Crippen LogP contribution is -2.05. The fraction of sp³-hybridized carbons (Fsp3) is 0.261. The van der Waals surface area contributed by atoms with Crippen molar-refractivity contribution in [3.05, 3.63) is 88.9 Å². The fourth-order valence-corrected chi connectivity index (χ4v) is 2.67. The molecule has 0 atom stereocenters. The Hall–Kier alpha value is -2.54. The first-order valence-corrected chi connectivity index (χ1v) is 9.76. The number of carbonyl (C=O) groups is 1. The van der Waals surface area contributed by atoms with E-state index in [1.807, 2.05) is 27.0 Å². The monoisotopic (exact) mass is 420 g/mol. The highest BCUT2D eigenvalue weighted by Gasteiger charge is 2.15. The van der Waals surface area contributed by atoms with Gasteiger partial charge < -0.3 is 20.4 Å². The minimum absolute atomic E-state index is 0. The van der Waals surface area contributed by atoms with Crippen molar-refractivity contribution < 1.29 is 25.2 Å². The first-order valence-electron chi connectivity index (χ1n) is 8.53. The molecule has 160 valence electrons. The number of hydrogen-bond acceptors (Lipinski definition) is 4. The molecule has 1 aromatic carbocycles. The fourth-order valence-electron chi connectivity index (χ4n) is 2.26. The van der Waals surface area contributed by atoms with Gasteiger partial charge in [-0.15, -0.1) is 11.8 Å². The van der Waals surface area contributed by atoms with Crippen molar-refractivity contribution in [3.8, 4) is 0 Å². The largest absolute Gasteiger partial charge is 0.493 e. The van der Waals surface area contributed by atoms with Crippen molar-refractivity contribution in [2.45, 2.75) is 32.3 Å². The maximum Gasteiger partial charge on any atom is 0.165 e. The Bertz CT molecular complexity index is 782.